The first-order valence-corrected chi connectivity index (χ1v) is 6.58. The van der Waals surface area contributed by atoms with Crippen molar-refractivity contribution in [3.05, 3.63) is 65.2 Å². The molecule has 0 bridgehead atoms. The van der Waals surface area contributed by atoms with E-state index in [1.807, 2.05) is 55.5 Å². The lowest BCUT2D eigenvalue weighted by molar-refractivity contribution is -0.138. The van der Waals surface area contributed by atoms with Crippen LogP contribution in [0.3, 0.4) is 0 Å². The summed E-state index contributed by atoms with van der Waals surface area (Å²) in [7, 11) is 0. The highest BCUT2D eigenvalue weighted by Gasteiger charge is 2.17. The van der Waals surface area contributed by atoms with E-state index in [-0.39, 0.29) is 0 Å². The van der Waals surface area contributed by atoms with Crippen LogP contribution in [0, 0.1) is 6.92 Å². The predicted molar refractivity (Wildman–Crippen MR) is 78.0 cm³/mol. The molecule has 2 rings (SSSR count). The van der Waals surface area contributed by atoms with Gasteiger partial charge in [0.15, 0.2) is 0 Å². The molecule has 0 fully saturated rings. The molecular weight excluding hydrogens is 252 g/mol. The summed E-state index contributed by atoms with van der Waals surface area (Å²) in [4.78, 5) is 11.1. The zero-order valence-electron chi connectivity index (χ0n) is 11.7. The Morgan fingerprint density at radius 3 is 2.50 bits per heavy atom. The van der Waals surface area contributed by atoms with Crippen LogP contribution in [-0.4, -0.2) is 11.1 Å². The molecule has 0 radical (unpaired) electrons. The normalized spacial score (nSPS) is 11.9. The van der Waals surface area contributed by atoms with Gasteiger partial charge < -0.3 is 9.84 Å². The van der Waals surface area contributed by atoms with Crippen LogP contribution < -0.4 is 4.74 Å². The number of benzene rings is 2. The average molecular weight is 270 g/mol. The number of carboxylic acid groups (broad SMARTS) is 1. The zero-order chi connectivity index (χ0) is 14.5. The van der Waals surface area contributed by atoms with Crippen molar-refractivity contribution in [2.75, 3.05) is 0 Å². The molecule has 0 heterocycles. The van der Waals surface area contributed by atoms with Gasteiger partial charge in [-0.05, 0) is 36.6 Å². The summed E-state index contributed by atoms with van der Waals surface area (Å²) in [6, 6.07) is 15.4. The highest BCUT2D eigenvalue weighted by Crippen LogP contribution is 2.28. The molecule has 3 nitrogen and oxygen atoms in total. The third kappa shape index (κ3) is 3.18. The van der Waals surface area contributed by atoms with Crippen LogP contribution in [0.2, 0.25) is 0 Å². The molecule has 1 N–H and O–H groups in total. The summed E-state index contributed by atoms with van der Waals surface area (Å²) >= 11 is 0. The quantitative estimate of drug-likeness (QED) is 0.899. The van der Waals surface area contributed by atoms with Gasteiger partial charge in [-0.25, -0.2) is 0 Å². The van der Waals surface area contributed by atoms with Gasteiger partial charge in [0.05, 0.1) is 5.92 Å². The van der Waals surface area contributed by atoms with Crippen LogP contribution in [-0.2, 0) is 11.4 Å². The zero-order valence-corrected chi connectivity index (χ0v) is 11.7. The Kier molecular flexibility index (Phi) is 4.41. The largest absolute Gasteiger partial charge is 0.489 e. The highest BCUT2D eigenvalue weighted by molar-refractivity contribution is 5.76. The summed E-state index contributed by atoms with van der Waals surface area (Å²) in [6.45, 7) is 4.06. The van der Waals surface area contributed by atoms with E-state index in [4.69, 9.17) is 9.84 Å². The van der Waals surface area contributed by atoms with Crippen molar-refractivity contribution in [1.29, 1.82) is 0 Å². The van der Waals surface area contributed by atoms with Crippen LogP contribution in [0.4, 0.5) is 0 Å². The molecule has 104 valence electrons. The van der Waals surface area contributed by atoms with Crippen molar-refractivity contribution in [2.24, 2.45) is 0 Å². The molecule has 0 aliphatic carbocycles. The fraction of sp³-hybridized carbons (Fsp3) is 0.235. The Morgan fingerprint density at radius 2 is 1.85 bits per heavy atom. The van der Waals surface area contributed by atoms with Crippen LogP contribution in [0.25, 0.3) is 0 Å². The minimum absolute atomic E-state index is 0.479. The van der Waals surface area contributed by atoms with E-state index in [1.165, 1.54) is 0 Å². The van der Waals surface area contributed by atoms with Crippen molar-refractivity contribution in [1.82, 2.24) is 0 Å². The topological polar surface area (TPSA) is 46.5 Å². The number of carbonyl (C=O) groups is 1. The van der Waals surface area contributed by atoms with Gasteiger partial charge >= 0.3 is 5.97 Å². The summed E-state index contributed by atoms with van der Waals surface area (Å²) in [5.41, 5.74) is 2.77. The monoisotopic (exact) mass is 270 g/mol. The summed E-state index contributed by atoms with van der Waals surface area (Å²) in [5.74, 6) is -0.622. The fourth-order valence-electron chi connectivity index (χ4n) is 2.13. The minimum atomic E-state index is -0.826. The molecule has 2 aromatic carbocycles. The Morgan fingerprint density at radius 1 is 1.15 bits per heavy atom. The molecule has 0 amide bonds. The van der Waals surface area contributed by atoms with Crippen LogP contribution in [0.1, 0.15) is 29.5 Å². The molecular formula is C17H18O3. The van der Waals surface area contributed by atoms with E-state index >= 15 is 0 Å². The van der Waals surface area contributed by atoms with Gasteiger partial charge in [-0.15, -0.1) is 0 Å². The van der Waals surface area contributed by atoms with Gasteiger partial charge in [-0.3, -0.25) is 4.79 Å². The second kappa shape index (κ2) is 6.24. The lowest BCUT2D eigenvalue weighted by Gasteiger charge is -2.15. The van der Waals surface area contributed by atoms with Crippen molar-refractivity contribution >= 4 is 5.97 Å². The lowest BCUT2D eigenvalue weighted by Crippen LogP contribution is -2.09. The molecule has 0 aromatic heterocycles. The van der Waals surface area contributed by atoms with Gasteiger partial charge in [0, 0.05) is 0 Å². The molecule has 1 atom stereocenters. The van der Waals surface area contributed by atoms with Crippen LogP contribution >= 0.6 is 0 Å². The summed E-state index contributed by atoms with van der Waals surface area (Å²) < 4.78 is 5.80. The Balaban J connectivity index is 2.17. The van der Waals surface area contributed by atoms with Gasteiger partial charge in [0.2, 0.25) is 0 Å². The van der Waals surface area contributed by atoms with Gasteiger partial charge in [0.1, 0.15) is 12.4 Å². The minimum Gasteiger partial charge on any atom is -0.489 e. The maximum absolute atomic E-state index is 11.1. The third-order valence-electron chi connectivity index (χ3n) is 3.40. The maximum Gasteiger partial charge on any atom is 0.310 e. The fourth-order valence-corrected chi connectivity index (χ4v) is 2.13. The smallest absolute Gasteiger partial charge is 0.310 e. The standard InChI is InChI=1S/C17H18O3/c1-12-15(13(2)17(18)19)9-6-10-16(12)20-11-14-7-4-3-5-8-14/h3-10,13H,11H2,1-2H3,(H,18,19). The third-order valence-corrected chi connectivity index (χ3v) is 3.40. The van der Waals surface area contributed by atoms with E-state index in [0.717, 1.165) is 22.4 Å². The van der Waals surface area contributed by atoms with E-state index in [9.17, 15) is 4.79 Å². The van der Waals surface area contributed by atoms with Crippen molar-refractivity contribution in [3.8, 4) is 5.75 Å². The molecule has 20 heavy (non-hydrogen) atoms. The van der Waals surface area contributed by atoms with E-state index in [1.54, 1.807) is 6.92 Å². The van der Waals surface area contributed by atoms with E-state index in [2.05, 4.69) is 0 Å². The second-order valence-corrected chi connectivity index (χ2v) is 4.80. The Hall–Kier alpha value is -2.29. The van der Waals surface area contributed by atoms with Gasteiger partial charge in [0.25, 0.3) is 0 Å². The average Bonchev–Trinajstić information content (AvgIpc) is 2.46. The number of rotatable bonds is 5. The SMILES string of the molecule is Cc1c(OCc2ccccc2)cccc1C(C)C(=O)O. The van der Waals surface area contributed by atoms with Gasteiger partial charge in [-0.1, -0.05) is 42.5 Å². The molecule has 0 aliphatic rings. The Bertz CT molecular complexity index is 590. The summed E-state index contributed by atoms with van der Waals surface area (Å²) in [6.07, 6.45) is 0. The number of carboxylic acids is 1. The van der Waals surface area contributed by atoms with Crippen molar-refractivity contribution in [2.45, 2.75) is 26.4 Å². The first-order valence-electron chi connectivity index (χ1n) is 6.58. The summed E-state index contributed by atoms with van der Waals surface area (Å²) in [5, 5.41) is 9.12. The molecule has 0 aliphatic heterocycles. The van der Waals surface area contributed by atoms with Crippen molar-refractivity contribution < 1.29 is 14.6 Å². The number of aliphatic carboxylic acids is 1. The second-order valence-electron chi connectivity index (χ2n) is 4.80. The first kappa shape index (κ1) is 14.1. The molecule has 0 spiro atoms. The number of hydrogen-bond donors (Lipinski definition) is 1. The maximum atomic E-state index is 11.1. The predicted octanol–water partition coefficient (Wildman–Crippen LogP) is 3.76. The number of ether oxygens (including phenoxy) is 1. The van der Waals surface area contributed by atoms with E-state index in [0.29, 0.717) is 6.61 Å². The first-order chi connectivity index (χ1) is 9.59. The van der Waals surface area contributed by atoms with Gasteiger partial charge in [-0.2, -0.15) is 0 Å². The molecule has 0 saturated heterocycles. The molecule has 0 saturated carbocycles. The highest BCUT2D eigenvalue weighted by atomic mass is 16.5. The lowest BCUT2D eigenvalue weighted by atomic mass is 9.96. The van der Waals surface area contributed by atoms with Crippen LogP contribution in [0.5, 0.6) is 5.75 Å². The number of hydrogen-bond acceptors (Lipinski definition) is 2. The molecule has 1 unspecified atom stereocenters. The molecule has 2 aromatic rings. The Labute approximate surface area is 118 Å². The van der Waals surface area contributed by atoms with E-state index < -0.39 is 11.9 Å². The molecule has 3 heteroatoms. The van der Waals surface area contributed by atoms with Crippen molar-refractivity contribution in [3.63, 3.8) is 0 Å². The van der Waals surface area contributed by atoms with Crippen LogP contribution in [0.15, 0.2) is 48.5 Å².